The van der Waals surface area contributed by atoms with Crippen molar-refractivity contribution in [2.24, 2.45) is 0 Å². The third-order valence-corrected chi connectivity index (χ3v) is 3.56. The van der Waals surface area contributed by atoms with E-state index < -0.39 is 0 Å². The number of nitrogens with one attached hydrogen (secondary N) is 1. The summed E-state index contributed by atoms with van der Waals surface area (Å²) < 4.78 is 10.5. The highest BCUT2D eigenvalue weighted by Crippen LogP contribution is 2.19. The molecule has 0 aliphatic rings. The number of carbonyl (C=O) groups excluding carboxylic acids is 1. The molecule has 1 amide bonds. The Morgan fingerprint density at radius 2 is 2.12 bits per heavy atom. The Morgan fingerprint density at radius 3 is 2.92 bits per heavy atom. The molecule has 0 bridgehead atoms. The molecular weight excluding hydrogens is 306 g/mol. The van der Waals surface area contributed by atoms with E-state index >= 15 is 0 Å². The van der Waals surface area contributed by atoms with E-state index in [0.29, 0.717) is 18.7 Å². The van der Waals surface area contributed by atoms with Crippen molar-refractivity contribution in [1.29, 1.82) is 0 Å². The van der Waals surface area contributed by atoms with E-state index in [1.165, 1.54) is 0 Å². The third-order valence-electron chi connectivity index (χ3n) is 3.56. The molecule has 0 saturated carbocycles. The number of methoxy groups -OCH3 is 1. The SMILES string of the molecule is COc1ccccc1CCNC(=O)c1cc(-c2cccnc2)on1. The van der Waals surface area contributed by atoms with Gasteiger partial charge < -0.3 is 14.6 Å². The van der Waals surface area contributed by atoms with Gasteiger partial charge >= 0.3 is 0 Å². The summed E-state index contributed by atoms with van der Waals surface area (Å²) in [6.07, 6.45) is 4.00. The van der Waals surface area contributed by atoms with Crippen molar-refractivity contribution in [3.05, 3.63) is 66.1 Å². The summed E-state index contributed by atoms with van der Waals surface area (Å²) in [5.41, 5.74) is 2.06. The maximum absolute atomic E-state index is 12.2. The fourth-order valence-corrected chi connectivity index (χ4v) is 2.34. The number of hydrogen-bond donors (Lipinski definition) is 1. The Hall–Kier alpha value is -3.15. The fourth-order valence-electron chi connectivity index (χ4n) is 2.34. The number of nitrogens with zero attached hydrogens (tertiary/aromatic N) is 2. The van der Waals surface area contributed by atoms with Crippen LogP contribution in [0.25, 0.3) is 11.3 Å². The van der Waals surface area contributed by atoms with Crippen LogP contribution in [0.5, 0.6) is 5.75 Å². The first-order valence-electron chi connectivity index (χ1n) is 7.55. The second-order valence-electron chi connectivity index (χ2n) is 5.14. The molecule has 6 nitrogen and oxygen atoms in total. The molecule has 0 spiro atoms. The van der Waals surface area contributed by atoms with Crippen LogP contribution >= 0.6 is 0 Å². The summed E-state index contributed by atoms with van der Waals surface area (Å²) >= 11 is 0. The second kappa shape index (κ2) is 7.41. The first kappa shape index (κ1) is 15.7. The summed E-state index contributed by atoms with van der Waals surface area (Å²) in [4.78, 5) is 16.2. The average molecular weight is 323 g/mol. The number of para-hydroxylation sites is 1. The van der Waals surface area contributed by atoms with Crippen LogP contribution in [-0.4, -0.2) is 29.7 Å². The van der Waals surface area contributed by atoms with Gasteiger partial charge in [-0.1, -0.05) is 23.4 Å². The summed E-state index contributed by atoms with van der Waals surface area (Å²) in [5, 5.41) is 6.64. The number of carbonyl (C=O) groups is 1. The fraction of sp³-hybridized carbons (Fsp3) is 0.167. The lowest BCUT2D eigenvalue weighted by Crippen LogP contribution is -2.26. The zero-order chi connectivity index (χ0) is 16.8. The minimum atomic E-state index is -0.274. The van der Waals surface area contributed by atoms with Crippen molar-refractivity contribution in [2.75, 3.05) is 13.7 Å². The molecule has 0 aliphatic heterocycles. The topological polar surface area (TPSA) is 77.2 Å². The summed E-state index contributed by atoms with van der Waals surface area (Å²) in [6.45, 7) is 0.480. The largest absolute Gasteiger partial charge is 0.496 e. The molecule has 0 aliphatic carbocycles. The first-order chi connectivity index (χ1) is 11.8. The van der Waals surface area contributed by atoms with Crippen LogP contribution in [0.2, 0.25) is 0 Å². The quantitative estimate of drug-likeness (QED) is 0.755. The predicted octanol–water partition coefficient (Wildman–Crippen LogP) is 2.72. The van der Waals surface area contributed by atoms with Crippen molar-refractivity contribution in [2.45, 2.75) is 6.42 Å². The number of aromatic nitrogens is 2. The molecule has 0 atom stereocenters. The van der Waals surface area contributed by atoms with Crippen LogP contribution in [0.3, 0.4) is 0 Å². The lowest BCUT2D eigenvalue weighted by Gasteiger charge is -2.08. The summed E-state index contributed by atoms with van der Waals surface area (Å²) in [6, 6.07) is 13.0. The Balaban J connectivity index is 1.59. The maximum Gasteiger partial charge on any atom is 0.273 e. The van der Waals surface area contributed by atoms with Gasteiger partial charge in [0.05, 0.1) is 7.11 Å². The van der Waals surface area contributed by atoms with Gasteiger partial charge in [-0.25, -0.2) is 0 Å². The van der Waals surface area contributed by atoms with E-state index in [-0.39, 0.29) is 11.6 Å². The van der Waals surface area contributed by atoms with E-state index in [9.17, 15) is 4.79 Å². The van der Waals surface area contributed by atoms with Crippen LogP contribution in [0, 0.1) is 0 Å². The van der Waals surface area contributed by atoms with E-state index in [1.54, 1.807) is 31.6 Å². The molecule has 2 aromatic heterocycles. The van der Waals surface area contributed by atoms with Crippen molar-refractivity contribution < 1.29 is 14.1 Å². The smallest absolute Gasteiger partial charge is 0.273 e. The molecule has 0 fully saturated rings. The van der Waals surface area contributed by atoms with Gasteiger partial charge in [0.1, 0.15) is 5.75 Å². The van der Waals surface area contributed by atoms with Crippen LogP contribution in [0.4, 0.5) is 0 Å². The standard InChI is InChI=1S/C18H17N3O3/c1-23-16-7-3-2-5-13(16)8-10-20-18(22)15-11-17(24-21-15)14-6-4-9-19-12-14/h2-7,9,11-12H,8,10H2,1H3,(H,20,22). The molecule has 0 radical (unpaired) electrons. The molecule has 0 unspecified atom stereocenters. The van der Waals surface area contributed by atoms with Gasteiger partial charge in [-0.15, -0.1) is 0 Å². The third kappa shape index (κ3) is 3.60. The van der Waals surface area contributed by atoms with Crippen molar-refractivity contribution >= 4 is 5.91 Å². The number of amides is 1. The highest BCUT2D eigenvalue weighted by atomic mass is 16.5. The van der Waals surface area contributed by atoms with Crippen LogP contribution in [0.1, 0.15) is 16.1 Å². The molecule has 2 heterocycles. The van der Waals surface area contributed by atoms with E-state index in [1.807, 2.05) is 30.3 Å². The van der Waals surface area contributed by atoms with E-state index in [0.717, 1.165) is 16.9 Å². The van der Waals surface area contributed by atoms with Crippen molar-refractivity contribution in [3.63, 3.8) is 0 Å². The monoisotopic (exact) mass is 323 g/mol. The maximum atomic E-state index is 12.2. The Kier molecular flexibility index (Phi) is 4.86. The van der Waals surface area contributed by atoms with E-state index in [2.05, 4.69) is 15.5 Å². The van der Waals surface area contributed by atoms with Gasteiger partial charge in [-0.05, 0) is 30.2 Å². The van der Waals surface area contributed by atoms with Crippen LogP contribution in [-0.2, 0) is 6.42 Å². The molecule has 0 saturated heterocycles. The molecular formula is C18H17N3O3. The Labute approximate surface area is 139 Å². The normalized spacial score (nSPS) is 10.4. The summed E-state index contributed by atoms with van der Waals surface area (Å²) in [7, 11) is 1.63. The van der Waals surface area contributed by atoms with Crippen LogP contribution in [0.15, 0.2) is 59.4 Å². The number of hydrogen-bond acceptors (Lipinski definition) is 5. The lowest BCUT2D eigenvalue weighted by molar-refractivity contribution is 0.0945. The average Bonchev–Trinajstić information content (AvgIpc) is 3.13. The van der Waals surface area contributed by atoms with E-state index in [4.69, 9.17) is 9.26 Å². The zero-order valence-corrected chi connectivity index (χ0v) is 13.2. The number of rotatable bonds is 6. The van der Waals surface area contributed by atoms with Crippen molar-refractivity contribution in [3.8, 4) is 17.1 Å². The number of benzene rings is 1. The zero-order valence-electron chi connectivity index (χ0n) is 13.2. The molecule has 6 heteroatoms. The molecule has 3 aromatic rings. The van der Waals surface area contributed by atoms with Crippen LogP contribution < -0.4 is 10.1 Å². The predicted molar refractivity (Wildman–Crippen MR) is 88.8 cm³/mol. The lowest BCUT2D eigenvalue weighted by atomic mass is 10.1. The highest BCUT2D eigenvalue weighted by molar-refractivity contribution is 5.93. The van der Waals surface area contributed by atoms with Gasteiger partial charge in [-0.3, -0.25) is 9.78 Å². The molecule has 1 aromatic carbocycles. The molecule has 3 rings (SSSR count). The first-order valence-corrected chi connectivity index (χ1v) is 7.55. The molecule has 24 heavy (non-hydrogen) atoms. The highest BCUT2D eigenvalue weighted by Gasteiger charge is 2.13. The van der Waals surface area contributed by atoms with Gasteiger partial charge in [0.15, 0.2) is 11.5 Å². The van der Waals surface area contributed by atoms with Crippen molar-refractivity contribution in [1.82, 2.24) is 15.5 Å². The second-order valence-corrected chi connectivity index (χ2v) is 5.14. The number of pyridine rings is 1. The van der Waals surface area contributed by atoms with Gasteiger partial charge in [0.25, 0.3) is 5.91 Å². The Morgan fingerprint density at radius 1 is 1.25 bits per heavy atom. The number of ether oxygens (including phenoxy) is 1. The van der Waals surface area contributed by atoms with Gasteiger partial charge in [0.2, 0.25) is 0 Å². The minimum absolute atomic E-state index is 0.244. The Bertz CT molecular complexity index is 815. The van der Waals surface area contributed by atoms with Gasteiger partial charge in [0, 0.05) is 30.6 Å². The molecule has 1 N–H and O–H groups in total. The minimum Gasteiger partial charge on any atom is -0.496 e. The summed E-state index contributed by atoms with van der Waals surface area (Å²) in [5.74, 6) is 1.05. The molecule has 122 valence electrons. The van der Waals surface area contributed by atoms with Gasteiger partial charge in [-0.2, -0.15) is 0 Å².